The maximum atomic E-state index is 13.4. The SMILES string of the molecule is CC(C)OC(=O)CCC/C=C\C[C@@H]1[C@@H](/C=C/[C@H](COc2cccc(C(F)(F)F)c2)O[Si](C)(C)C(C)(C)C)[C@H](O[Si](C)(C)C(C)(C)C)C[C@@H]1O. The van der Waals surface area contributed by atoms with Gasteiger partial charge in [-0.1, -0.05) is 71.9 Å². The number of esters is 1. The topological polar surface area (TPSA) is 74.2 Å². The van der Waals surface area contributed by atoms with Gasteiger partial charge < -0.3 is 23.4 Å². The first-order valence-corrected chi connectivity index (χ1v) is 23.5. The summed E-state index contributed by atoms with van der Waals surface area (Å²) in [6.45, 7) is 25.4. The Morgan fingerprint density at radius 1 is 1.00 bits per heavy atom. The van der Waals surface area contributed by atoms with Crippen molar-refractivity contribution in [3.8, 4) is 5.75 Å². The number of carbonyl (C=O) groups is 1. The molecule has 280 valence electrons. The lowest BCUT2D eigenvalue weighted by Gasteiger charge is -2.40. The molecule has 1 aliphatic carbocycles. The summed E-state index contributed by atoms with van der Waals surface area (Å²) in [7, 11) is -4.50. The maximum Gasteiger partial charge on any atom is 0.416 e. The summed E-state index contributed by atoms with van der Waals surface area (Å²) < 4.78 is 65.0. The Morgan fingerprint density at radius 2 is 1.63 bits per heavy atom. The van der Waals surface area contributed by atoms with Crippen molar-refractivity contribution in [2.75, 3.05) is 6.61 Å². The Hall–Kier alpha value is -1.93. The predicted molar refractivity (Wildman–Crippen MR) is 197 cm³/mol. The van der Waals surface area contributed by atoms with Gasteiger partial charge in [-0.05, 0) is 99.9 Å². The fraction of sp³-hybridized carbons (Fsp3) is 0.711. The zero-order chi connectivity index (χ0) is 37.4. The highest BCUT2D eigenvalue weighted by Gasteiger charge is 2.47. The number of allylic oxidation sites excluding steroid dienone is 2. The van der Waals surface area contributed by atoms with E-state index in [2.05, 4.69) is 86.0 Å². The van der Waals surface area contributed by atoms with E-state index in [9.17, 15) is 23.1 Å². The molecule has 0 radical (unpaired) electrons. The number of carbonyl (C=O) groups excluding carboxylic acids is 1. The molecular weight excluding hydrogens is 666 g/mol. The number of hydrogen-bond donors (Lipinski definition) is 1. The van der Waals surface area contributed by atoms with Crippen molar-refractivity contribution in [1.29, 1.82) is 0 Å². The zero-order valence-corrected chi connectivity index (χ0v) is 33.9. The number of hydrogen-bond acceptors (Lipinski definition) is 6. The minimum absolute atomic E-state index is 0.0201. The smallest absolute Gasteiger partial charge is 0.416 e. The predicted octanol–water partition coefficient (Wildman–Crippen LogP) is 10.5. The Kier molecular flexibility index (Phi) is 15.5. The molecule has 11 heteroatoms. The van der Waals surface area contributed by atoms with Crippen molar-refractivity contribution in [3.05, 3.63) is 54.1 Å². The molecule has 1 N–H and O–H groups in total. The molecule has 2 rings (SSSR count). The second-order valence-electron chi connectivity index (χ2n) is 16.7. The van der Waals surface area contributed by atoms with Crippen LogP contribution in [0.15, 0.2) is 48.6 Å². The van der Waals surface area contributed by atoms with Crippen LogP contribution in [-0.4, -0.2) is 58.7 Å². The molecule has 49 heavy (non-hydrogen) atoms. The van der Waals surface area contributed by atoms with Crippen LogP contribution in [0.25, 0.3) is 0 Å². The third-order valence-electron chi connectivity index (χ3n) is 10.2. The summed E-state index contributed by atoms with van der Waals surface area (Å²) in [5.41, 5.74) is -0.764. The van der Waals surface area contributed by atoms with Gasteiger partial charge in [0.15, 0.2) is 16.6 Å². The van der Waals surface area contributed by atoms with Crippen LogP contribution in [0.5, 0.6) is 5.75 Å². The molecule has 0 aliphatic heterocycles. The zero-order valence-electron chi connectivity index (χ0n) is 31.9. The van der Waals surface area contributed by atoms with Gasteiger partial charge in [0.05, 0.1) is 30.0 Å². The number of rotatable bonds is 16. The van der Waals surface area contributed by atoms with Crippen LogP contribution in [0, 0.1) is 11.8 Å². The lowest BCUT2D eigenvalue weighted by atomic mass is 9.89. The third kappa shape index (κ3) is 13.6. The highest BCUT2D eigenvalue weighted by Crippen LogP contribution is 2.44. The van der Waals surface area contributed by atoms with Gasteiger partial charge in [0, 0.05) is 12.3 Å². The van der Waals surface area contributed by atoms with Gasteiger partial charge in [0.25, 0.3) is 0 Å². The van der Waals surface area contributed by atoms with Gasteiger partial charge in [0.1, 0.15) is 12.4 Å². The van der Waals surface area contributed by atoms with Gasteiger partial charge in [0.2, 0.25) is 0 Å². The van der Waals surface area contributed by atoms with Crippen LogP contribution >= 0.6 is 0 Å². The fourth-order valence-corrected chi connectivity index (χ4v) is 7.92. The molecule has 1 aromatic carbocycles. The molecule has 1 aliphatic rings. The summed E-state index contributed by atoms with van der Waals surface area (Å²) in [6.07, 6.45) is 5.23. The summed E-state index contributed by atoms with van der Waals surface area (Å²) in [6, 6.07) is 4.91. The summed E-state index contributed by atoms with van der Waals surface area (Å²) in [4.78, 5) is 11.9. The van der Waals surface area contributed by atoms with Crippen molar-refractivity contribution >= 4 is 22.6 Å². The number of alkyl halides is 3. The molecule has 0 spiro atoms. The van der Waals surface area contributed by atoms with Crippen molar-refractivity contribution in [2.24, 2.45) is 11.8 Å². The lowest BCUT2D eigenvalue weighted by molar-refractivity contribution is -0.147. The minimum Gasteiger partial charge on any atom is -0.491 e. The number of aliphatic hydroxyl groups excluding tert-OH is 1. The number of ether oxygens (including phenoxy) is 2. The van der Waals surface area contributed by atoms with Gasteiger partial charge in [-0.15, -0.1) is 0 Å². The highest BCUT2D eigenvalue weighted by atomic mass is 28.4. The average Bonchev–Trinajstić information content (AvgIpc) is 3.22. The van der Waals surface area contributed by atoms with Crippen LogP contribution in [0.4, 0.5) is 13.2 Å². The van der Waals surface area contributed by atoms with E-state index >= 15 is 0 Å². The first kappa shape index (κ1) is 43.2. The first-order valence-electron chi connectivity index (χ1n) is 17.7. The average molecular weight is 729 g/mol. The highest BCUT2D eigenvalue weighted by molar-refractivity contribution is 6.74. The molecule has 0 saturated heterocycles. The van der Waals surface area contributed by atoms with Gasteiger partial charge >= 0.3 is 12.1 Å². The van der Waals surface area contributed by atoms with Gasteiger partial charge in [-0.3, -0.25) is 4.79 Å². The lowest BCUT2D eigenvalue weighted by Crippen LogP contribution is -2.45. The molecule has 1 fully saturated rings. The molecule has 0 heterocycles. The molecule has 0 bridgehead atoms. The van der Waals surface area contributed by atoms with E-state index in [0.717, 1.165) is 18.6 Å². The normalized spacial score (nSPS) is 22.0. The van der Waals surface area contributed by atoms with Crippen LogP contribution < -0.4 is 4.74 Å². The van der Waals surface area contributed by atoms with Crippen molar-refractivity contribution in [1.82, 2.24) is 0 Å². The first-order chi connectivity index (χ1) is 22.3. The molecule has 6 nitrogen and oxygen atoms in total. The maximum absolute atomic E-state index is 13.4. The van der Waals surface area contributed by atoms with Crippen molar-refractivity contribution in [3.63, 3.8) is 0 Å². The monoisotopic (exact) mass is 728 g/mol. The summed E-state index contributed by atoms with van der Waals surface area (Å²) >= 11 is 0. The van der Waals surface area contributed by atoms with Crippen LogP contribution in [-0.2, 0) is 24.6 Å². The summed E-state index contributed by atoms with van der Waals surface area (Å²) in [5, 5.41) is 11.2. The minimum atomic E-state index is -4.47. The Bertz CT molecular complexity index is 1250. The van der Waals surface area contributed by atoms with E-state index in [-0.39, 0.29) is 52.4 Å². The van der Waals surface area contributed by atoms with E-state index in [0.29, 0.717) is 25.7 Å². The van der Waals surface area contributed by atoms with Crippen molar-refractivity contribution in [2.45, 2.75) is 154 Å². The standard InChI is InChI=1S/C38H63F3O6Si2/c1-27(2)45-35(43)21-16-14-13-15-20-31-32(34(25-33(31)42)47-49(11,12)37(6,7)8)23-22-30(46-48(9,10)36(3,4)5)26-44-29-19-17-18-28(24-29)38(39,40)41/h13,15,17-19,22-24,27,30-34,42H,14,16,20-21,25-26H2,1-12H3/b15-13-,23-22+/t30-,31-,32-,33+,34-/m1/s1. The fourth-order valence-electron chi connectivity index (χ4n) is 5.30. The molecule has 5 atom stereocenters. The van der Waals surface area contributed by atoms with E-state index in [1.807, 2.05) is 19.9 Å². The third-order valence-corrected chi connectivity index (χ3v) is 19.2. The van der Waals surface area contributed by atoms with E-state index in [4.69, 9.17) is 18.3 Å². The number of benzene rings is 1. The Morgan fingerprint density at radius 3 is 2.20 bits per heavy atom. The number of unbranched alkanes of at least 4 members (excludes halogenated alkanes) is 1. The van der Waals surface area contributed by atoms with Crippen LogP contribution in [0.2, 0.25) is 36.3 Å². The molecular formula is C38H63F3O6Si2. The number of aliphatic hydroxyl groups is 1. The molecule has 0 aromatic heterocycles. The number of halogens is 3. The second kappa shape index (κ2) is 17.5. The van der Waals surface area contributed by atoms with Gasteiger partial charge in [-0.25, -0.2) is 0 Å². The Labute approximate surface area is 296 Å². The molecule has 1 saturated carbocycles. The van der Waals surface area contributed by atoms with E-state index < -0.39 is 40.6 Å². The van der Waals surface area contributed by atoms with Crippen LogP contribution in [0.1, 0.15) is 93.1 Å². The van der Waals surface area contributed by atoms with Crippen molar-refractivity contribution < 1.29 is 41.4 Å². The quantitative estimate of drug-likeness (QED) is 0.0791. The molecule has 0 unspecified atom stereocenters. The second-order valence-corrected chi connectivity index (χ2v) is 26.2. The largest absolute Gasteiger partial charge is 0.491 e. The van der Waals surface area contributed by atoms with E-state index in [1.165, 1.54) is 12.1 Å². The summed E-state index contributed by atoms with van der Waals surface area (Å²) in [5.74, 6) is -0.292. The van der Waals surface area contributed by atoms with Crippen LogP contribution in [0.3, 0.4) is 0 Å². The van der Waals surface area contributed by atoms with Gasteiger partial charge in [-0.2, -0.15) is 13.2 Å². The Balaban J connectivity index is 2.36. The molecule has 0 amide bonds. The molecule has 1 aromatic rings. The van der Waals surface area contributed by atoms with E-state index in [1.54, 1.807) is 0 Å².